The third-order valence-electron chi connectivity index (χ3n) is 13.4. The Kier molecular flexibility index (Phi) is 7.17. The van der Waals surface area contributed by atoms with Gasteiger partial charge in [-0.25, -0.2) is 9.97 Å². The molecule has 2 fully saturated rings. The molecule has 0 amide bonds. The van der Waals surface area contributed by atoms with Gasteiger partial charge in [-0.15, -0.1) is 0 Å². The highest BCUT2D eigenvalue weighted by Crippen LogP contribution is 2.52. The standard InChI is InChI=1S/C53H42N4/c1-53(32-34-22-23-35(28-34)33-53)39-15-11-14-38(29-39)51-43-18-5-8-19-46(43)54-52(55-51)57-48-21-10-7-17-42(48)45-31-40(25-27-50(45)57)56-47-20-9-6-16-41(47)44-30-37(24-26-49(44)56)36-12-3-2-4-13-36/h2-21,24-27,29-31,34-35H,22-23,28,32-33H2,1H3/t34-,35-/m1/s1. The molecule has 57 heavy (non-hydrogen) atoms. The minimum Gasteiger partial charge on any atom is -0.309 e. The van der Waals surface area contributed by atoms with Gasteiger partial charge in [0.25, 0.3) is 0 Å². The fourth-order valence-corrected chi connectivity index (χ4v) is 10.9. The molecule has 274 valence electrons. The van der Waals surface area contributed by atoms with E-state index in [2.05, 4.69) is 180 Å². The van der Waals surface area contributed by atoms with Gasteiger partial charge in [-0.1, -0.05) is 129 Å². The molecule has 0 aliphatic heterocycles. The lowest BCUT2D eigenvalue weighted by molar-refractivity contribution is 0.232. The highest BCUT2D eigenvalue weighted by atomic mass is 15.2. The number of benzene rings is 7. The Hall–Kier alpha value is -6.52. The SMILES string of the molecule is CC1(c2cccc(-c3nc(-n4c5ccccc5c5cc(-n6c7ccccc7c7cc(-c8ccccc8)ccc76)ccc54)nc4ccccc34)c2)C[C@@H]2CC[C@H](C2)C1. The minimum atomic E-state index is 0.205. The Morgan fingerprint density at radius 1 is 0.474 bits per heavy atom. The number of nitrogens with zero attached hydrogens (tertiary/aromatic N) is 4. The van der Waals surface area contributed by atoms with Gasteiger partial charge in [0, 0.05) is 38.2 Å². The van der Waals surface area contributed by atoms with E-state index in [0.29, 0.717) is 5.95 Å². The van der Waals surface area contributed by atoms with E-state index in [9.17, 15) is 0 Å². The smallest absolute Gasteiger partial charge is 0.235 e. The van der Waals surface area contributed by atoms with Gasteiger partial charge in [-0.2, -0.15) is 0 Å². The largest absolute Gasteiger partial charge is 0.309 e. The van der Waals surface area contributed by atoms with Crippen LogP contribution in [0.15, 0.2) is 164 Å². The highest BCUT2D eigenvalue weighted by Gasteiger charge is 2.42. The maximum absolute atomic E-state index is 5.50. The Labute approximate surface area is 332 Å². The zero-order valence-corrected chi connectivity index (χ0v) is 32.1. The fraction of sp³-hybridized carbons (Fsp3) is 0.170. The summed E-state index contributed by atoms with van der Waals surface area (Å²) < 4.78 is 4.69. The quantitative estimate of drug-likeness (QED) is 0.176. The van der Waals surface area contributed by atoms with Crippen molar-refractivity contribution in [1.29, 1.82) is 0 Å². The molecular weight excluding hydrogens is 693 g/mol. The van der Waals surface area contributed by atoms with E-state index in [1.54, 1.807) is 0 Å². The first kappa shape index (κ1) is 32.7. The van der Waals surface area contributed by atoms with Crippen molar-refractivity contribution in [2.24, 2.45) is 11.8 Å². The Bertz CT molecular complexity index is 3190. The van der Waals surface area contributed by atoms with Crippen molar-refractivity contribution in [2.45, 2.75) is 44.4 Å². The molecule has 4 nitrogen and oxygen atoms in total. The van der Waals surface area contributed by atoms with Crippen LogP contribution in [0.25, 0.3) is 88.5 Å². The Morgan fingerprint density at radius 2 is 1.09 bits per heavy atom. The number of fused-ring (bicyclic) bond motifs is 9. The number of aromatic nitrogens is 4. The van der Waals surface area contributed by atoms with E-state index >= 15 is 0 Å². The normalized spacial score (nSPS) is 19.4. The van der Waals surface area contributed by atoms with E-state index in [1.807, 2.05) is 0 Å². The summed E-state index contributed by atoms with van der Waals surface area (Å²) in [6, 6.07) is 59.7. The van der Waals surface area contributed by atoms with Crippen LogP contribution in [0.3, 0.4) is 0 Å². The third-order valence-corrected chi connectivity index (χ3v) is 13.4. The van der Waals surface area contributed by atoms with Crippen LogP contribution in [0.4, 0.5) is 0 Å². The summed E-state index contributed by atoms with van der Waals surface area (Å²) in [4.78, 5) is 10.8. The van der Waals surface area contributed by atoms with Gasteiger partial charge in [0.05, 0.1) is 33.3 Å². The number of para-hydroxylation sites is 3. The van der Waals surface area contributed by atoms with Gasteiger partial charge in [0.15, 0.2) is 0 Å². The molecule has 0 N–H and O–H groups in total. The topological polar surface area (TPSA) is 35.6 Å². The van der Waals surface area contributed by atoms with Crippen molar-refractivity contribution in [1.82, 2.24) is 19.1 Å². The maximum atomic E-state index is 5.50. The number of rotatable bonds is 5. The predicted octanol–water partition coefficient (Wildman–Crippen LogP) is 13.6. The molecule has 0 radical (unpaired) electrons. The van der Waals surface area contributed by atoms with Gasteiger partial charge < -0.3 is 4.57 Å². The average Bonchev–Trinajstić information content (AvgIpc) is 3.91. The summed E-state index contributed by atoms with van der Waals surface area (Å²) in [5.74, 6) is 2.42. The molecule has 2 aliphatic carbocycles. The van der Waals surface area contributed by atoms with Crippen molar-refractivity contribution in [3.8, 4) is 34.0 Å². The van der Waals surface area contributed by atoms with E-state index < -0.39 is 0 Å². The van der Waals surface area contributed by atoms with Crippen LogP contribution in [-0.4, -0.2) is 19.1 Å². The molecule has 3 aromatic heterocycles. The molecular formula is C53H42N4. The number of hydrogen-bond acceptors (Lipinski definition) is 2. The molecule has 3 heterocycles. The lowest BCUT2D eigenvalue weighted by atomic mass is 9.66. The first-order valence-corrected chi connectivity index (χ1v) is 20.6. The summed E-state index contributed by atoms with van der Waals surface area (Å²) in [7, 11) is 0. The maximum Gasteiger partial charge on any atom is 0.235 e. The first-order chi connectivity index (χ1) is 28.1. The summed E-state index contributed by atoms with van der Waals surface area (Å²) >= 11 is 0. The molecule has 12 rings (SSSR count). The molecule has 0 unspecified atom stereocenters. The van der Waals surface area contributed by atoms with Crippen LogP contribution in [0.2, 0.25) is 0 Å². The van der Waals surface area contributed by atoms with Crippen LogP contribution in [0, 0.1) is 11.8 Å². The molecule has 4 heteroatoms. The minimum absolute atomic E-state index is 0.205. The molecule has 2 bridgehead atoms. The van der Waals surface area contributed by atoms with Crippen LogP contribution in [0.1, 0.15) is 44.6 Å². The lowest BCUT2D eigenvalue weighted by Gasteiger charge is -2.38. The van der Waals surface area contributed by atoms with Crippen LogP contribution in [0.5, 0.6) is 0 Å². The van der Waals surface area contributed by atoms with Gasteiger partial charge in [-0.3, -0.25) is 4.57 Å². The second-order valence-corrected chi connectivity index (χ2v) is 17.0. The molecule has 2 aliphatic rings. The Balaban J connectivity index is 1.03. The van der Waals surface area contributed by atoms with Gasteiger partial charge in [0.2, 0.25) is 5.95 Å². The van der Waals surface area contributed by atoms with Gasteiger partial charge >= 0.3 is 0 Å². The monoisotopic (exact) mass is 734 g/mol. The second kappa shape index (κ2) is 12.5. The van der Waals surface area contributed by atoms with Crippen molar-refractivity contribution in [3.63, 3.8) is 0 Å². The summed E-state index contributed by atoms with van der Waals surface area (Å²) in [5, 5.41) is 5.94. The van der Waals surface area contributed by atoms with Crippen molar-refractivity contribution >= 4 is 54.5 Å². The Morgan fingerprint density at radius 3 is 1.88 bits per heavy atom. The summed E-state index contributed by atoms with van der Waals surface area (Å²) in [6.07, 6.45) is 6.79. The molecule has 2 saturated carbocycles. The molecule has 0 saturated heterocycles. The van der Waals surface area contributed by atoms with E-state index in [1.165, 1.54) is 81.4 Å². The second-order valence-electron chi connectivity index (χ2n) is 17.0. The molecule has 7 aromatic carbocycles. The van der Waals surface area contributed by atoms with Crippen molar-refractivity contribution in [3.05, 3.63) is 169 Å². The zero-order valence-electron chi connectivity index (χ0n) is 32.1. The van der Waals surface area contributed by atoms with E-state index in [0.717, 1.165) is 50.7 Å². The average molecular weight is 735 g/mol. The van der Waals surface area contributed by atoms with Crippen molar-refractivity contribution < 1.29 is 0 Å². The van der Waals surface area contributed by atoms with Crippen LogP contribution < -0.4 is 0 Å². The fourth-order valence-electron chi connectivity index (χ4n) is 10.9. The first-order valence-electron chi connectivity index (χ1n) is 20.6. The van der Waals surface area contributed by atoms with Gasteiger partial charge in [-0.05, 0) is 108 Å². The zero-order chi connectivity index (χ0) is 37.7. The van der Waals surface area contributed by atoms with Crippen LogP contribution in [-0.2, 0) is 5.41 Å². The molecule has 10 aromatic rings. The summed E-state index contributed by atoms with van der Waals surface area (Å²) in [5.41, 5.74) is 12.9. The van der Waals surface area contributed by atoms with E-state index in [-0.39, 0.29) is 5.41 Å². The highest BCUT2D eigenvalue weighted by molar-refractivity contribution is 6.13. The van der Waals surface area contributed by atoms with Gasteiger partial charge in [0.1, 0.15) is 0 Å². The number of hydrogen-bond donors (Lipinski definition) is 0. The lowest BCUT2D eigenvalue weighted by Crippen LogP contribution is -2.30. The van der Waals surface area contributed by atoms with E-state index in [4.69, 9.17) is 9.97 Å². The molecule has 2 atom stereocenters. The summed E-state index contributed by atoms with van der Waals surface area (Å²) in [6.45, 7) is 2.51. The van der Waals surface area contributed by atoms with Crippen molar-refractivity contribution in [2.75, 3.05) is 0 Å². The van der Waals surface area contributed by atoms with Crippen LogP contribution >= 0.6 is 0 Å². The predicted molar refractivity (Wildman–Crippen MR) is 237 cm³/mol. The molecule has 0 spiro atoms. The third kappa shape index (κ3) is 5.13.